The maximum Gasteiger partial charge on any atom is 0.573 e. The molecule has 1 aliphatic heterocycles. The van der Waals surface area contributed by atoms with Crippen molar-refractivity contribution in [2.45, 2.75) is 20.2 Å². The lowest BCUT2D eigenvalue weighted by Gasteiger charge is -2.35. The molecule has 0 spiro atoms. The number of para-hydroxylation sites is 1. The minimum Gasteiger partial charge on any atom is -0.405 e. The maximum atomic E-state index is 12.9. The zero-order chi connectivity index (χ0) is 22.9. The van der Waals surface area contributed by atoms with Crippen LogP contribution in [-0.2, 0) is 0 Å². The van der Waals surface area contributed by atoms with Crippen molar-refractivity contribution < 1.29 is 22.7 Å². The molecule has 1 aliphatic rings. The van der Waals surface area contributed by atoms with Crippen LogP contribution in [0.2, 0.25) is 0 Å². The molecule has 1 fully saturated rings. The molecule has 2 aromatic heterocycles. The average Bonchev–Trinajstić information content (AvgIpc) is 3.11. The van der Waals surface area contributed by atoms with Crippen LogP contribution in [0.5, 0.6) is 5.75 Å². The van der Waals surface area contributed by atoms with Crippen molar-refractivity contribution in [1.29, 1.82) is 0 Å². The number of carbonyl (C=O) groups is 1. The van der Waals surface area contributed by atoms with Gasteiger partial charge in [-0.1, -0.05) is 12.1 Å². The Morgan fingerprint density at radius 3 is 2.34 bits per heavy atom. The molecule has 3 aromatic rings. The molecule has 1 amide bonds. The van der Waals surface area contributed by atoms with Crippen LogP contribution in [0.1, 0.15) is 21.7 Å². The molecule has 4 rings (SSSR count). The number of aromatic nitrogens is 4. The highest BCUT2D eigenvalue weighted by molar-refractivity contribution is 5.97. The molecule has 0 bridgehead atoms. The quantitative estimate of drug-likeness (QED) is 0.613. The highest BCUT2D eigenvalue weighted by Crippen LogP contribution is 2.28. The third-order valence-corrected chi connectivity index (χ3v) is 5.37. The summed E-state index contributed by atoms with van der Waals surface area (Å²) in [4.78, 5) is 29.3. The van der Waals surface area contributed by atoms with Crippen LogP contribution in [-0.4, -0.2) is 62.9 Å². The second kappa shape index (κ2) is 8.48. The number of benzene rings is 1. The van der Waals surface area contributed by atoms with E-state index in [1.165, 1.54) is 29.4 Å². The Labute approximate surface area is 182 Å². The normalized spacial score (nSPS) is 14.5. The van der Waals surface area contributed by atoms with Gasteiger partial charge in [0.05, 0.1) is 11.3 Å². The first-order valence-corrected chi connectivity index (χ1v) is 9.95. The summed E-state index contributed by atoms with van der Waals surface area (Å²) in [5.41, 5.74) is 1.77. The van der Waals surface area contributed by atoms with E-state index >= 15 is 0 Å². The zero-order valence-corrected chi connectivity index (χ0v) is 17.5. The van der Waals surface area contributed by atoms with Crippen LogP contribution in [0.15, 0.2) is 43.0 Å². The fraction of sp³-hybridized carbons (Fsp3) is 0.333. The Kier molecular flexibility index (Phi) is 5.72. The number of rotatable bonds is 4. The van der Waals surface area contributed by atoms with Crippen LogP contribution in [0.4, 0.5) is 19.0 Å². The Bertz CT molecular complexity index is 1120. The number of imidazole rings is 1. The Morgan fingerprint density at radius 1 is 1.00 bits per heavy atom. The van der Waals surface area contributed by atoms with Crippen LogP contribution < -0.4 is 9.64 Å². The van der Waals surface area contributed by atoms with Crippen molar-refractivity contribution >= 4 is 11.7 Å². The molecule has 8 nitrogen and oxygen atoms in total. The standard InChI is InChI=1S/C21H21F3N6O2/c1-14-15(2)30(13-27-14)19-11-18(25-12-26-19)28-7-9-29(10-8-28)20(31)16-5-3-4-6-17(16)32-21(22,23)24/h3-6,11-13H,7-10H2,1-2H3. The number of aryl methyl sites for hydroxylation is 1. The molecule has 0 atom stereocenters. The van der Waals surface area contributed by atoms with E-state index in [2.05, 4.69) is 19.7 Å². The lowest BCUT2D eigenvalue weighted by Crippen LogP contribution is -2.49. The van der Waals surface area contributed by atoms with E-state index < -0.39 is 18.0 Å². The Morgan fingerprint density at radius 2 is 1.69 bits per heavy atom. The van der Waals surface area contributed by atoms with Gasteiger partial charge in [-0.3, -0.25) is 9.36 Å². The highest BCUT2D eigenvalue weighted by atomic mass is 19.4. The number of hydrogen-bond donors (Lipinski definition) is 0. The molecule has 0 saturated carbocycles. The summed E-state index contributed by atoms with van der Waals surface area (Å²) in [5, 5.41) is 0. The first kappa shape index (κ1) is 21.6. The van der Waals surface area contributed by atoms with E-state index in [9.17, 15) is 18.0 Å². The van der Waals surface area contributed by atoms with Crippen LogP contribution in [0.3, 0.4) is 0 Å². The summed E-state index contributed by atoms with van der Waals surface area (Å²) in [6, 6.07) is 7.22. The predicted molar refractivity (Wildman–Crippen MR) is 110 cm³/mol. The molecule has 0 N–H and O–H groups in total. The number of anilines is 1. The average molecular weight is 446 g/mol. The molecule has 32 heavy (non-hydrogen) atoms. The fourth-order valence-corrected chi connectivity index (χ4v) is 3.54. The number of piperazine rings is 1. The maximum absolute atomic E-state index is 12.9. The molecule has 3 heterocycles. The van der Waals surface area contributed by atoms with E-state index in [1.54, 1.807) is 6.33 Å². The summed E-state index contributed by atoms with van der Waals surface area (Å²) >= 11 is 0. The smallest absolute Gasteiger partial charge is 0.405 e. The SMILES string of the molecule is Cc1ncn(-c2cc(N3CCN(C(=O)c4ccccc4OC(F)(F)F)CC3)ncn2)c1C. The first-order chi connectivity index (χ1) is 15.2. The minimum absolute atomic E-state index is 0.117. The zero-order valence-electron chi connectivity index (χ0n) is 17.5. The van der Waals surface area contributed by atoms with Crippen molar-refractivity contribution in [3.63, 3.8) is 0 Å². The molecule has 168 valence electrons. The van der Waals surface area contributed by atoms with Crippen LogP contribution in [0, 0.1) is 13.8 Å². The lowest BCUT2D eigenvalue weighted by molar-refractivity contribution is -0.274. The molecule has 0 aliphatic carbocycles. The van der Waals surface area contributed by atoms with E-state index in [1.807, 2.05) is 29.4 Å². The van der Waals surface area contributed by atoms with Crippen molar-refractivity contribution in [1.82, 2.24) is 24.4 Å². The Balaban J connectivity index is 1.46. The fourth-order valence-electron chi connectivity index (χ4n) is 3.54. The van der Waals surface area contributed by atoms with Gasteiger partial charge < -0.3 is 14.5 Å². The van der Waals surface area contributed by atoms with Gasteiger partial charge in [0, 0.05) is 37.9 Å². The van der Waals surface area contributed by atoms with Gasteiger partial charge in [-0.05, 0) is 26.0 Å². The first-order valence-electron chi connectivity index (χ1n) is 9.95. The van der Waals surface area contributed by atoms with E-state index in [-0.39, 0.29) is 5.56 Å². The van der Waals surface area contributed by atoms with Crippen molar-refractivity contribution in [3.8, 4) is 11.6 Å². The summed E-state index contributed by atoms with van der Waals surface area (Å²) in [6.45, 7) is 5.50. The van der Waals surface area contributed by atoms with Crippen LogP contribution in [0.25, 0.3) is 5.82 Å². The lowest BCUT2D eigenvalue weighted by atomic mass is 10.1. The van der Waals surface area contributed by atoms with Crippen molar-refractivity contribution in [3.05, 3.63) is 59.9 Å². The van der Waals surface area contributed by atoms with E-state index in [0.717, 1.165) is 17.5 Å². The molecule has 0 radical (unpaired) electrons. The summed E-state index contributed by atoms with van der Waals surface area (Å²) in [6.07, 6.45) is -1.69. The molecule has 1 aromatic carbocycles. The molecule has 0 unspecified atom stereocenters. The van der Waals surface area contributed by atoms with Crippen LogP contribution >= 0.6 is 0 Å². The number of alkyl halides is 3. The van der Waals surface area contributed by atoms with Gasteiger partial charge in [0.1, 0.15) is 30.0 Å². The monoisotopic (exact) mass is 446 g/mol. The summed E-state index contributed by atoms with van der Waals surface area (Å²) in [7, 11) is 0. The van der Waals surface area contributed by atoms with Gasteiger partial charge in [-0.15, -0.1) is 13.2 Å². The van der Waals surface area contributed by atoms with Gasteiger partial charge >= 0.3 is 6.36 Å². The van der Waals surface area contributed by atoms with Gasteiger partial charge in [-0.25, -0.2) is 15.0 Å². The number of nitrogens with zero attached hydrogens (tertiary/aromatic N) is 6. The molecular weight excluding hydrogens is 425 g/mol. The second-order valence-corrected chi connectivity index (χ2v) is 7.34. The summed E-state index contributed by atoms with van der Waals surface area (Å²) < 4.78 is 43.9. The topological polar surface area (TPSA) is 76.4 Å². The number of carbonyl (C=O) groups excluding carboxylic acids is 1. The number of amides is 1. The largest absolute Gasteiger partial charge is 0.573 e. The highest BCUT2D eigenvalue weighted by Gasteiger charge is 2.34. The molecule has 1 saturated heterocycles. The number of halogens is 3. The van der Waals surface area contributed by atoms with Gasteiger partial charge in [-0.2, -0.15) is 0 Å². The molecule has 11 heteroatoms. The molecular formula is C21H21F3N6O2. The number of ether oxygens (including phenoxy) is 1. The third kappa shape index (κ3) is 4.51. The summed E-state index contributed by atoms with van der Waals surface area (Å²) in [5.74, 6) is 0.384. The van der Waals surface area contributed by atoms with Gasteiger partial charge in [0.15, 0.2) is 0 Å². The predicted octanol–water partition coefficient (Wildman–Crippen LogP) is 3.14. The van der Waals surface area contributed by atoms with Crippen molar-refractivity contribution in [2.75, 3.05) is 31.1 Å². The van der Waals surface area contributed by atoms with E-state index in [0.29, 0.717) is 37.8 Å². The van der Waals surface area contributed by atoms with Gasteiger partial charge in [0.25, 0.3) is 5.91 Å². The van der Waals surface area contributed by atoms with Gasteiger partial charge in [0.2, 0.25) is 0 Å². The number of hydrogen-bond acceptors (Lipinski definition) is 6. The third-order valence-electron chi connectivity index (χ3n) is 5.37. The van der Waals surface area contributed by atoms with E-state index in [4.69, 9.17) is 0 Å². The Hall–Kier alpha value is -3.63. The minimum atomic E-state index is -4.87. The van der Waals surface area contributed by atoms with Crippen molar-refractivity contribution in [2.24, 2.45) is 0 Å². The second-order valence-electron chi connectivity index (χ2n) is 7.34.